The van der Waals surface area contributed by atoms with Crippen LogP contribution in [0.3, 0.4) is 0 Å². The van der Waals surface area contributed by atoms with Crippen molar-refractivity contribution in [3.05, 3.63) is 35.4 Å². The van der Waals surface area contributed by atoms with Crippen LogP contribution in [0.1, 0.15) is 36.9 Å². The second-order valence-electron chi connectivity index (χ2n) is 6.92. The summed E-state index contributed by atoms with van der Waals surface area (Å²) in [6, 6.07) is 8.57. The van der Waals surface area contributed by atoms with Crippen LogP contribution >= 0.6 is 0 Å². The molecule has 0 bridgehead atoms. The number of piperidine rings is 1. The highest BCUT2D eigenvalue weighted by molar-refractivity contribution is 5.79. The van der Waals surface area contributed by atoms with Gasteiger partial charge < -0.3 is 15.1 Å². The van der Waals surface area contributed by atoms with Gasteiger partial charge in [0.05, 0.1) is 6.04 Å². The molecular weight excluding hydrogens is 302 g/mol. The quantitative estimate of drug-likeness (QED) is 0.897. The maximum absolute atomic E-state index is 12.5. The molecule has 1 saturated heterocycles. The number of likely N-dealkylation sites (tertiary alicyclic amines) is 1. The molecule has 1 aromatic rings. The van der Waals surface area contributed by atoms with E-state index < -0.39 is 0 Å². The fraction of sp³-hybridized carbons (Fsp3) is 0.579. The van der Waals surface area contributed by atoms with Gasteiger partial charge in [0.15, 0.2) is 0 Å². The molecule has 0 saturated carbocycles. The first kappa shape index (κ1) is 18.5. The molecule has 5 heteroatoms. The largest absolute Gasteiger partial charge is 0.354 e. The fourth-order valence-electron chi connectivity index (χ4n) is 3.27. The molecular formula is C19H29N3O2. The Hall–Kier alpha value is -1.88. The van der Waals surface area contributed by atoms with E-state index in [1.807, 2.05) is 19.0 Å². The van der Waals surface area contributed by atoms with E-state index >= 15 is 0 Å². The smallest absolute Gasteiger partial charge is 0.223 e. The fourth-order valence-corrected chi connectivity index (χ4v) is 3.27. The lowest BCUT2D eigenvalue weighted by molar-refractivity contribution is -0.134. The third-order valence-corrected chi connectivity index (χ3v) is 4.83. The summed E-state index contributed by atoms with van der Waals surface area (Å²) in [5.74, 6) is 0.222. The maximum atomic E-state index is 12.5. The van der Waals surface area contributed by atoms with Gasteiger partial charge in [0.2, 0.25) is 11.8 Å². The van der Waals surface area contributed by atoms with E-state index in [-0.39, 0.29) is 23.8 Å². The molecule has 2 amide bonds. The second-order valence-corrected chi connectivity index (χ2v) is 6.92. The van der Waals surface area contributed by atoms with Gasteiger partial charge in [-0.1, -0.05) is 29.8 Å². The van der Waals surface area contributed by atoms with Gasteiger partial charge in [-0.2, -0.15) is 0 Å². The van der Waals surface area contributed by atoms with Crippen LogP contribution in [0.15, 0.2) is 24.3 Å². The summed E-state index contributed by atoms with van der Waals surface area (Å²) in [4.78, 5) is 27.8. The monoisotopic (exact) mass is 331 g/mol. The predicted octanol–water partition coefficient (Wildman–Crippen LogP) is 1.97. The Kier molecular flexibility index (Phi) is 6.37. The van der Waals surface area contributed by atoms with E-state index in [9.17, 15) is 9.59 Å². The summed E-state index contributed by atoms with van der Waals surface area (Å²) in [7, 11) is 4.06. The van der Waals surface area contributed by atoms with Crippen LogP contribution < -0.4 is 5.32 Å². The topological polar surface area (TPSA) is 52.7 Å². The van der Waals surface area contributed by atoms with Gasteiger partial charge in [-0.05, 0) is 39.4 Å². The number of carbonyl (C=O) groups excluding carboxylic acids is 2. The molecule has 0 spiro atoms. The van der Waals surface area contributed by atoms with Crippen molar-refractivity contribution in [1.82, 2.24) is 15.1 Å². The van der Waals surface area contributed by atoms with Gasteiger partial charge in [0.1, 0.15) is 0 Å². The van der Waals surface area contributed by atoms with Gasteiger partial charge in [-0.15, -0.1) is 0 Å². The average Bonchev–Trinajstić information content (AvgIpc) is 2.54. The van der Waals surface area contributed by atoms with Crippen LogP contribution in [0.25, 0.3) is 0 Å². The lowest BCUT2D eigenvalue weighted by atomic mass is 9.95. The van der Waals surface area contributed by atoms with Gasteiger partial charge in [-0.3, -0.25) is 9.59 Å². The number of aryl methyl sites for hydroxylation is 1. The number of benzene rings is 1. The molecule has 24 heavy (non-hydrogen) atoms. The molecule has 2 rings (SSSR count). The number of rotatable bonds is 5. The van der Waals surface area contributed by atoms with Crippen LogP contribution in [0, 0.1) is 12.8 Å². The Balaban J connectivity index is 1.90. The molecule has 0 radical (unpaired) electrons. The van der Waals surface area contributed by atoms with E-state index in [4.69, 9.17) is 0 Å². The Morgan fingerprint density at radius 3 is 2.50 bits per heavy atom. The standard InChI is InChI=1S/C19H29N3O2/c1-14-6-5-7-17(12-14)18(21(3)4)13-20-19(24)16-8-10-22(11-9-16)15(2)23/h5-7,12,16,18H,8-11,13H2,1-4H3,(H,20,24)/t18-/m1/s1. The van der Waals surface area contributed by atoms with E-state index in [1.165, 1.54) is 11.1 Å². The van der Waals surface area contributed by atoms with E-state index in [0.29, 0.717) is 19.6 Å². The second kappa shape index (κ2) is 8.29. The summed E-state index contributed by atoms with van der Waals surface area (Å²) >= 11 is 0. The molecule has 132 valence electrons. The number of likely N-dealkylation sites (N-methyl/N-ethyl adjacent to an activating group) is 1. The van der Waals surface area contributed by atoms with Gasteiger partial charge >= 0.3 is 0 Å². The van der Waals surface area contributed by atoms with Crippen molar-refractivity contribution in [3.8, 4) is 0 Å². The zero-order chi connectivity index (χ0) is 17.7. The van der Waals surface area contributed by atoms with Crippen molar-refractivity contribution in [2.75, 3.05) is 33.7 Å². The summed E-state index contributed by atoms with van der Waals surface area (Å²) < 4.78 is 0. The van der Waals surface area contributed by atoms with Crippen LogP contribution in [-0.2, 0) is 9.59 Å². The zero-order valence-corrected chi connectivity index (χ0v) is 15.2. The molecule has 0 aromatic heterocycles. The molecule has 1 fully saturated rings. The summed E-state index contributed by atoms with van der Waals surface area (Å²) in [6.45, 7) is 5.63. The van der Waals surface area contributed by atoms with Gasteiger partial charge in [-0.25, -0.2) is 0 Å². The number of nitrogens with zero attached hydrogens (tertiary/aromatic N) is 2. The third-order valence-electron chi connectivity index (χ3n) is 4.83. The molecule has 1 N–H and O–H groups in total. The number of carbonyl (C=O) groups is 2. The number of hydrogen-bond donors (Lipinski definition) is 1. The summed E-state index contributed by atoms with van der Waals surface area (Å²) in [5.41, 5.74) is 2.44. The van der Waals surface area contributed by atoms with E-state index in [1.54, 1.807) is 6.92 Å². The van der Waals surface area contributed by atoms with Crippen molar-refractivity contribution in [1.29, 1.82) is 0 Å². The van der Waals surface area contributed by atoms with Crippen molar-refractivity contribution in [2.24, 2.45) is 5.92 Å². The molecule has 0 unspecified atom stereocenters. The maximum Gasteiger partial charge on any atom is 0.223 e. The molecule has 1 atom stereocenters. The first-order valence-corrected chi connectivity index (χ1v) is 8.64. The zero-order valence-electron chi connectivity index (χ0n) is 15.2. The molecule has 1 aromatic carbocycles. The minimum Gasteiger partial charge on any atom is -0.354 e. The highest BCUT2D eigenvalue weighted by Crippen LogP contribution is 2.20. The minimum absolute atomic E-state index is 0.0147. The molecule has 1 aliphatic heterocycles. The normalized spacial score (nSPS) is 17.0. The lowest BCUT2D eigenvalue weighted by Gasteiger charge is -2.31. The first-order valence-electron chi connectivity index (χ1n) is 8.64. The Bertz CT molecular complexity index is 578. The number of amides is 2. The molecule has 1 aliphatic rings. The first-order chi connectivity index (χ1) is 11.4. The van der Waals surface area contributed by atoms with Gasteiger partial charge in [0.25, 0.3) is 0 Å². The van der Waals surface area contributed by atoms with Crippen LogP contribution in [-0.4, -0.2) is 55.3 Å². The number of nitrogens with one attached hydrogen (secondary N) is 1. The SMILES string of the molecule is CC(=O)N1CCC(C(=O)NC[C@H](c2cccc(C)c2)N(C)C)CC1. The number of hydrogen-bond acceptors (Lipinski definition) is 3. The van der Waals surface area contributed by atoms with Crippen molar-refractivity contribution in [3.63, 3.8) is 0 Å². The molecule has 0 aliphatic carbocycles. The van der Waals surface area contributed by atoms with Crippen molar-refractivity contribution in [2.45, 2.75) is 32.7 Å². The Labute approximate surface area is 145 Å². The lowest BCUT2D eigenvalue weighted by Crippen LogP contribution is -2.43. The Morgan fingerprint density at radius 1 is 1.29 bits per heavy atom. The summed E-state index contributed by atoms with van der Waals surface area (Å²) in [5, 5.41) is 3.11. The molecule has 1 heterocycles. The highest BCUT2D eigenvalue weighted by Gasteiger charge is 2.26. The van der Waals surface area contributed by atoms with E-state index in [2.05, 4.69) is 41.4 Å². The summed E-state index contributed by atoms with van der Waals surface area (Å²) in [6.07, 6.45) is 1.50. The molecule has 5 nitrogen and oxygen atoms in total. The van der Waals surface area contributed by atoms with Crippen LogP contribution in [0.5, 0.6) is 0 Å². The Morgan fingerprint density at radius 2 is 1.96 bits per heavy atom. The van der Waals surface area contributed by atoms with Crippen molar-refractivity contribution >= 4 is 11.8 Å². The van der Waals surface area contributed by atoms with E-state index in [0.717, 1.165) is 12.8 Å². The van der Waals surface area contributed by atoms with Gasteiger partial charge in [0, 0.05) is 32.5 Å². The minimum atomic E-state index is 0.0147. The van der Waals surface area contributed by atoms with Crippen LogP contribution in [0.2, 0.25) is 0 Å². The van der Waals surface area contributed by atoms with Crippen LogP contribution in [0.4, 0.5) is 0 Å². The van der Waals surface area contributed by atoms with Crippen molar-refractivity contribution < 1.29 is 9.59 Å². The predicted molar refractivity (Wildman–Crippen MR) is 95.6 cm³/mol. The average molecular weight is 331 g/mol. The highest BCUT2D eigenvalue weighted by atomic mass is 16.2. The third kappa shape index (κ3) is 4.81.